The molecular weight excluding hydrogens is 450 g/mol. The molecule has 0 aromatic carbocycles. The number of ether oxygens (including phenoxy) is 2. The van der Waals surface area contributed by atoms with Crippen LogP contribution in [0.15, 0.2) is 30.3 Å². The third-order valence-corrected chi connectivity index (χ3v) is 7.67. The van der Waals surface area contributed by atoms with Crippen LogP contribution in [0.5, 0.6) is 0 Å². The highest BCUT2D eigenvalue weighted by molar-refractivity contribution is 7.99. The molecule has 9 nitrogen and oxygen atoms in total. The molecule has 34 heavy (non-hydrogen) atoms. The maximum atomic E-state index is 6.13. The second kappa shape index (κ2) is 9.89. The van der Waals surface area contributed by atoms with Crippen LogP contribution in [0.4, 0.5) is 5.82 Å². The summed E-state index contributed by atoms with van der Waals surface area (Å²) >= 11 is 2.00. The SMILES string of the molecule is CO/C(N)=C(\c1cnc2c3ccc(N4CCSCC4)nc3n(CC3CCOCC3)c2c1)N(C)N. The molecule has 3 aromatic heterocycles. The number of nitrogens with two attached hydrogens (primary N) is 2. The van der Waals surface area contributed by atoms with Crippen molar-refractivity contribution < 1.29 is 9.47 Å². The van der Waals surface area contributed by atoms with Gasteiger partial charge in [0, 0.05) is 68.5 Å². The molecule has 2 aliphatic heterocycles. The van der Waals surface area contributed by atoms with Crippen molar-refractivity contribution in [3.8, 4) is 0 Å². The number of pyridine rings is 2. The van der Waals surface area contributed by atoms with Gasteiger partial charge < -0.3 is 29.7 Å². The molecule has 5 rings (SSSR count). The van der Waals surface area contributed by atoms with E-state index in [0.29, 0.717) is 11.6 Å². The molecule has 182 valence electrons. The number of rotatable bonds is 6. The van der Waals surface area contributed by atoms with Crippen molar-refractivity contribution >= 4 is 45.3 Å². The highest BCUT2D eigenvalue weighted by Gasteiger charge is 2.22. The maximum absolute atomic E-state index is 6.13. The van der Waals surface area contributed by atoms with E-state index in [9.17, 15) is 0 Å². The van der Waals surface area contributed by atoms with Gasteiger partial charge in [0.15, 0.2) is 0 Å². The van der Waals surface area contributed by atoms with Gasteiger partial charge in [-0.25, -0.2) is 10.8 Å². The van der Waals surface area contributed by atoms with Crippen molar-refractivity contribution in [3.05, 3.63) is 35.8 Å². The molecule has 0 radical (unpaired) electrons. The minimum Gasteiger partial charge on any atom is -0.481 e. The molecule has 0 saturated carbocycles. The van der Waals surface area contributed by atoms with Crippen molar-refractivity contribution in [1.82, 2.24) is 19.5 Å². The van der Waals surface area contributed by atoms with Crippen LogP contribution >= 0.6 is 11.8 Å². The predicted octanol–water partition coefficient (Wildman–Crippen LogP) is 2.60. The Morgan fingerprint density at radius 2 is 2.03 bits per heavy atom. The first-order valence-corrected chi connectivity index (χ1v) is 12.9. The molecule has 0 bridgehead atoms. The Morgan fingerprint density at radius 3 is 2.74 bits per heavy atom. The quantitative estimate of drug-likeness (QED) is 0.311. The average Bonchev–Trinajstić information content (AvgIpc) is 3.17. The van der Waals surface area contributed by atoms with E-state index in [0.717, 1.165) is 90.6 Å². The molecule has 5 heterocycles. The maximum Gasteiger partial charge on any atom is 0.210 e. The Bertz CT molecular complexity index is 1200. The van der Waals surface area contributed by atoms with E-state index in [2.05, 4.69) is 27.7 Å². The fraction of sp³-hybridized carbons (Fsp3) is 0.500. The Kier molecular flexibility index (Phi) is 6.71. The number of anilines is 1. The van der Waals surface area contributed by atoms with Gasteiger partial charge in [-0.1, -0.05) is 0 Å². The normalized spacial score (nSPS) is 18.4. The fourth-order valence-electron chi connectivity index (χ4n) is 4.90. The van der Waals surface area contributed by atoms with E-state index >= 15 is 0 Å². The van der Waals surface area contributed by atoms with Gasteiger partial charge in [-0.3, -0.25) is 4.98 Å². The Balaban J connectivity index is 1.67. The number of aromatic nitrogens is 3. The van der Waals surface area contributed by atoms with Gasteiger partial charge in [-0.05, 0) is 37.0 Å². The first-order chi connectivity index (χ1) is 16.6. The molecule has 2 saturated heterocycles. The molecule has 4 N–H and O–H groups in total. The number of fused-ring (bicyclic) bond motifs is 3. The van der Waals surface area contributed by atoms with Crippen molar-refractivity contribution in [3.63, 3.8) is 0 Å². The third-order valence-electron chi connectivity index (χ3n) is 6.73. The lowest BCUT2D eigenvalue weighted by molar-refractivity contribution is 0.0619. The molecule has 2 aliphatic rings. The number of hydrazine groups is 1. The largest absolute Gasteiger partial charge is 0.481 e. The van der Waals surface area contributed by atoms with Gasteiger partial charge in [0.05, 0.1) is 18.1 Å². The Morgan fingerprint density at radius 1 is 1.26 bits per heavy atom. The minimum absolute atomic E-state index is 0.251. The van der Waals surface area contributed by atoms with Crippen LogP contribution in [0.2, 0.25) is 0 Å². The first-order valence-electron chi connectivity index (χ1n) is 11.8. The summed E-state index contributed by atoms with van der Waals surface area (Å²) < 4.78 is 13.2. The minimum atomic E-state index is 0.251. The summed E-state index contributed by atoms with van der Waals surface area (Å²) in [4.78, 5) is 12.4. The smallest absolute Gasteiger partial charge is 0.210 e. The molecule has 0 amide bonds. The number of hydrogen-bond donors (Lipinski definition) is 2. The second-order valence-corrected chi connectivity index (χ2v) is 10.2. The molecule has 0 atom stereocenters. The van der Waals surface area contributed by atoms with Gasteiger partial charge in [0.1, 0.15) is 17.2 Å². The van der Waals surface area contributed by atoms with E-state index in [1.165, 1.54) is 12.1 Å². The lowest BCUT2D eigenvalue weighted by Crippen LogP contribution is -2.33. The van der Waals surface area contributed by atoms with Crippen LogP contribution in [0.1, 0.15) is 18.4 Å². The second-order valence-electron chi connectivity index (χ2n) is 8.93. The van der Waals surface area contributed by atoms with Crippen LogP contribution in [0.25, 0.3) is 27.8 Å². The van der Waals surface area contributed by atoms with Gasteiger partial charge in [-0.15, -0.1) is 0 Å². The molecule has 2 fully saturated rings. The lowest BCUT2D eigenvalue weighted by Gasteiger charge is -2.27. The summed E-state index contributed by atoms with van der Waals surface area (Å²) in [6, 6.07) is 6.41. The van der Waals surface area contributed by atoms with Gasteiger partial charge in [0.25, 0.3) is 0 Å². The third kappa shape index (κ3) is 4.37. The van der Waals surface area contributed by atoms with Crippen molar-refractivity contribution in [1.29, 1.82) is 0 Å². The van der Waals surface area contributed by atoms with Gasteiger partial charge in [-0.2, -0.15) is 11.8 Å². The summed E-state index contributed by atoms with van der Waals surface area (Å²) in [5, 5.41) is 2.54. The number of thioether (sulfide) groups is 1. The van der Waals surface area contributed by atoms with Crippen LogP contribution in [-0.4, -0.2) is 71.5 Å². The molecule has 0 unspecified atom stereocenters. The molecule has 0 aliphatic carbocycles. The average molecular weight is 484 g/mol. The highest BCUT2D eigenvalue weighted by atomic mass is 32.2. The summed E-state index contributed by atoms with van der Waals surface area (Å²) in [5.41, 5.74) is 10.5. The number of hydrogen-bond acceptors (Lipinski definition) is 9. The standard InChI is InChI=1S/C24H33N7O2S/c1-29(26)22(23(25)32-2)17-13-19-21(27-14-17)18-3-4-20(30-7-11-34-12-8-30)28-24(18)31(19)15-16-5-9-33-10-6-16/h3-4,13-14,16H,5-12,15,25-26H2,1-2H3/b23-22+. The van der Waals surface area contributed by atoms with Crippen LogP contribution < -0.4 is 16.5 Å². The predicted molar refractivity (Wildman–Crippen MR) is 138 cm³/mol. The number of nitrogens with zero attached hydrogens (tertiary/aromatic N) is 5. The van der Waals surface area contributed by atoms with Crippen molar-refractivity contribution in [2.75, 3.05) is 56.9 Å². The summed E-state index contributed by atoms with van der Waals surface area (Å²) in [5.74, 6) is 10.2. The van der Waals surface area contributed by atoms with Crippen LogP contribution in [0, 0.1) is 5.92 Å². The molecule has 10 heteroatoms. The lowest BCUT2D eigenvalue weighted by atomic mass is 10.0. The van der Waals surface area contributed by atoms with Crippen molar-refractivity contribution in [2.24, 2.45) is 17.5 Å². The fourth-order valence-corrected chi connectivity index (χ4v) is 5.80. The van der Waals surface area contributed by atoms with E-state index in [-0.39, 0.29) is 5.88 Å². The van der Waals surface area contributed by atoms with E-state index in [1.807, 2.05) is 11.8 Å². The number of methoxy groups -OCH3 is 1. The summed E-state index contributed by atoms with van der Waals surface area (Å²) in [6.07, 6.45) is 3.90. The summed E-state index contributed by atoms with van der Waals surface area (Å²) in [7, 11) is 3.28. The van der Waals surface area contributed by atoms with Crippen molar-refractivity contribution in [2.45, 2.75) is 19.4 Å². The van der Waals surface area contributed by atoms with Gasteiger partial charge in [0.2, 0.25) is 5.88 Å². The zero-order chi connectivity index (χ0) is 23.7. The monoisotopic (exact) mass is 483 g/mol. The van der Waals surface area contributed by atoms with E-state index in [1.54, 1.807) is 13.2 Å². The zero-order valence-corrected chi connectivity index (χ0v) is 20.7. The first kappa shape index (κ1) is 23.1. The zero-order valence-electron chi connectivity index (χ0n) is 19.9. The Labute approximate surface area is 204 Å². The van der Waals surface area contributed by atoms with Crippen LogP contribution in [0.3, 0.4) is 0 Å². The summed E-state index contributed by atoms with van der Waals surface area (Å²) in [6.45, 7) is 4.55. The molecule has 3 aromatic rings. The van der Waals surface area contributed by atoms with Crippen LogP contribution in [-0.2, 0) is 16.0 Å². The topological polar surface area (TPSA) is 108 Å². The Hall–Kier alpha value is -2.69. The van der Waals surface area contributed by atoms with E-state index < -0.39 is 0 Å². The molecular formula is C24H33N7O2S. The van der Waals surface area contributed by atoms with Gasteiger partial charge >= 0.3 is 0 Å². The van der Waals surface area contributed by atoms with E-state index in [4.69, 9.17) is 31.0 Å². The highest BCUT2D eigenvalue weighted by Crippen LogP contribution is 2.33. The molecule has 0 spiro atoms.